The van der Waals surface area contributed by atoms with Gasteiger partial charge in [-0.15, -0.1) is 11.3 Å². The lowest BCUT2D eigenvalue weighted by atomic mass is 10.2. The van der Waals surface area contributed by atoms with Crippen LogP contribution < -0.4 is 10.1 Å². The highest BCUT2D eigenvalue weighted by molar-refractivity contribution is 7.09. The van der Waals surface area contributed by atoms with Gasteiger partial charge in [0.05, 0.1) is 23.1 Å². The van der Waals surface area contributed by atoms with Crippen LogP contribution >= 0.6 is 34.5 Å². The molecule has 2 aromatic heterocycles. The van der Waals surface area contributed by atoms with Crippen molar-refractivity contribution in [2.24, 2.45) is 0 Å². The van der Waals surface area contributed by atoms with Crippen molar-refractivity contribution in [1.82, 2.24) is 14.9 Å². The van der Waals surface area contributed by atoms with Crippen molar-refractivity contribution in [1.29, 1.82) is 0 Å². The summed E-state index contributed by atoms with van der Waals surface area (Å²) in [6.07, 6.45) is 2.96. The van der Waals surface area contributed by atoms with E-state index in [1.165, 1.54) is 11.3 Å². The number of carbonyl (C=O) groups excluding carboxylic acids is 1. The molecule has 1 aliphatic rings. The van der Waals surface area contributed by atoms with Gasteiger partial charge in [-0.05, 0) is 50.5 Å². The summed E-state index contributed by atoms with van der Waals surface area (Å²) in [6.45, 7) is 4.89. The lowest BCUT2D eigenvalue weighted by Crippen LogP contribution is -2.26. The highest BCUT2D eigenvalue weighted by atomic mass is 35.5. The SMILES string of the molecule is COCCCNC(=O)c1cc(-c2csc(COc3cc(Cl)cc(Cl)c3)n2)n(CC2CCCO2)c1C. The van der Waals surface area contributed by atoms with Gasteiger partial charge in [0, 0.05) is 54.5 Å². The number of thiazole rings is 1. The standard InChI is InChI=1S/C25H29Cl2N3O4S/c1-16-21(25(31)28-6-4-7-32-2)12-23(30(16)13-19-5-3-8-33-19)22-15-35-24(29-22)14-34-20-10-17(26)9-18(27)11-20/h9-12,15,19H,3-8,13-14H2,1-2H3,(H,28,31). The number of rotatable bonds is 11. The van der Waals surface area contributed by atoms with Crippen LogP contribution in [-0.4, -0.2) is 48.4 Å². The van der Waals surface area contributed by atoms with Gasteiger partial charge in [0.1, 0.15) is 17.4 Å². The maximum absolute atomic E-state index is 12.9. The molecule has 1 saturated heterocycles. The highest BCUT2D eigenvalue weighted by Crippen LogP contribution is 2.30. The van der Waals surface area contributed by atoms with Gasteiger partial charge in [-0.3, -0.25) is 4.79 Å². The molecule has 1 amide bonds. The molecule has 4 rings (SSSR count). The van der Waals surface area contributed by atoms with Gasteiger partial charge >= 0.3 is 0 Å². The van der Waals surface area contributed by atoms with Gasteiger partial charge < -0.3 is 24.1 Å². The first kappa shape index (κ1) is 26.0. The molecular formula is C25H29Cl2N3O4S. The van der Waals surface area contributed by atoms with Crippen LogP contribution in [0.2, 0.25) is 10.0 Å². The van der Waals surface area contributed by atoms with Crippen molar-refractivity contribution >= 4 is 40.4 Å². The first-order chi connectivity index (χ1) is 16.9. The molecule has 0 spiro atoms. The number of halogens is 2. The molecule has 1 fully saturated rings. The second-order valence-electron chi connectivity index (χ2n) is 8.40. The molecule has 0 saturated carbocycles. The smallest absolute Gasteiger partial charge is 0.253 e. The van der Waals surface area contributed by atoms with E-state index in [2.05, 4.69) is 9.88 Å². The molecule has 0 bridgehead atoms. The molecule has 1 aromatic carbocycles. The largest absolute Gasteiger partial charge is 0.486 e. The molecule has 35 heavy (non-hydrogen) atoms. The Balaban J connectivity index is 1.54. The summed E-state index contributed by atoms with van der Waals surface area (Å²) in [7, 11) is 1.65. The molecule has 0 aliphatic carbocycles. The highest BCUT2D eigenvalue weighted by Gasteiger charge is 2.24. The predicted octanol–water partition coefficient (Wildman–Crippen LogP) is 5.75. The van der Waals surface area contributed by atoms with Crippen LogP contribution in [0.1, 0.15) is 40.3 Å². The summed E-state index contributed by atoms with van der Waals surface area (Å²) in [4.78, 5) is 17.7. The lowest BCUT2D eigenvalue weighted by molar-refractivity contribution is 0.0937. The fraction of sp³-hybridized carbons (Fsp3) is 0.440. The minimum absolute atomic E-state index is 0.0948. The average Bonchev–Trinajstić information content (AvgIpc) is 3.57. The fourth-order valence-electron chi connectivity index (χ4n) is 4.08. The number of nitrogens with zero attached hydrogens (tertiary/aromatic N) is 2. The first-order valence-electron chi connectivity index (χ1n) is 11.6. The Kier molecular flexibility index (Phi) is 9.08. The Morgan fingerprint density at radius 1 is 1.29 bits per heavy atom. The van der Waals surface area contributed by atoms with E-state index in [4.69, 9.17) is 42.4 Å². The van der Waals surface area contributed by atoms with Crippen LogP contribution in [0, 0.1) is 6.92 Å². The van der Waals surface area contributed by atoms with E-state index >= 15 is 0 Å². The zero-order chi connectivity index (χ0) is 24.8. The third-order valence-electron chi connectivity index (χ3n) is 5.84. The van der Waals surface area contributed by atoms with Gasteiger partial charge in [0.25, 0.3) is 5.91 Å². The zero-order valence-electron chi connectivity index (χ0n) is 19.8. The van der Waals surface area contributed by atoms with Gasteiger partial charge in [-0.2, -0.15) is 0 Å². The Labute approximate surface area is 219 Å². The normalized spacial score (nSPS) is 15.5. The van der Waals surface area contributed by atoms with Crippen molar-refractivity contribution in [2.75, 3.05) is 26.9 Å². The van der Waals surface area contributed by atoms with Crippen LogP contribution in [0.4, 0.5) is 0 Å². The lowest BCUT2D eigenvalue weighted by Gasteiger charge is -2.15. The van der Waals surface area contributed by atoms with Crippen molar-refractivity contribution in [3.63, 3.8) is 0 Å². The maximum atomic E-state index is 12.9. The van der Waals surface area contributed by atoms with E-state index in [1.54, 1.807) is 25.3 Å². The number of hydrogen-bond donors (Lipinski definition) is 1. The van der Waals surface area contributed by atoms with Gasteiger partial charge in [0.2, 0.25) is 0 Å². The molecule has 188 valence electrons. The monoisotopic (exact) mass is 537 g/mol. The number of methoxy groups -OCH3 is 1. The third kappa shape index (κ3) is 6.77. The van der Waals surface area contributed by atoms with Crippen LogP contribution in [0.3, 0.4) is 0 Å². The second-order valence-corrected chi connectivity index (χ2v) is 10.2. The van der Waals surface area contributed by atoms with E-state index in [1.807, 2.05) is 18.4 Å². The molecule has 1 aliphatic heterocycles. The number of amides is 1. The van der Waals surface area contributed by atoms with Crippen LogP contribution in [0.15, 0.2) is 29.6 Å². The fourth-order valence-corrected chi connectivity index (χ4v) is 5.29. The summed E-state index contributed by atoms with van der Waals surface area (Å²) in [6, 6.07) is 7.02. The Morgan fingerprint density at radius 3 is 2.80 bits per heavy atom. The minimum Gasteiger partial charge on any atom is -0.486 e. The topological polar surface area (TPSA) is 74.6 Å². The van der Waals surface area contributed by atoms with Crippen molar-refractivity contribution < 1.29 is 19.0 Å². The minimum atomic E-state index is -0.0948. The number of hydrogen-bond acceptors (Lipinski definition) is 6. The first-order valence-corrected chi connectivity index (χ1v) is 13.2. The zero-order valence-corrected chi connectivity index (χ0v) is 22.1. The van der Waals surface area contributed by atoms with Crippen molar-refractivity contribution in [3.8, 4) is 17.1 Å². The quantitative estimate of drug-likeness (QED) is 0.315. The van der Waals surface area contributed by atoms with Crippen LogP contribution in [-0.2, 0) is 22.6 Å². The van der Waals surface area contributed by atoms with E-state index in [-0.39, 0.29) is 12.0 Å². The van der Waals surface area contributed by atoms with Gasteiger partial charge in [-0.1, -0.05) is 23.2 Å². The van der Waals surface area contributed by atoms with Crippen molar-refractivity contribution in [2.45, 2.75) is 45.4 Å². The number of ether oxygens (including phenoxy) is 3. The number of carbonyl (C=O) groups is 1. The summed E-state index contributed by atoms with van der Waals surface area (Å²) in [5.41, 5.74) is 3.25. The second kappa shape index (κ2) is 12.2. The molecule has 0 radical (unpaired) electrons. The summed E-state index contributed by atoms with van der Waals surface area (Å²) in [5, 5.41) is 6.82. The van der Waals surface area contributed by atoms with E-state index in [9.17, 15) is 4.79 Å². The molecule has 1 N–H and O–H groups in total. The summed E-state index contributed by atoms with van der Waals surface area (Å²) < 4.78 is 19.0. The van der Waals surface area contributed by atoms with E-state index in [0.717, 1.165) is 48.0 Å². The van der Waals surface area contributed by atoms with Crippen LogP contribution in [0.25, 0.3) is 11.4 Å². The van der Waals surface area contributed by atoms with Gasteiger partial charge in [0.15, 0.2) is 0 Å². The molecule has 3 heterocycles. The molecule has 1 atom stereocenters. The van der Waals surface area contributed by atoms with Crippen molar-refractivity contribution in [3.05, 3.63) is 56.0 Å². The Hall–Kier alpha value is -2.10. The summed E-state index contributed by atoms with van der Waals surface area (Å²) >= 11 is 13.6. The molecule has 10 heteroatoms. The van der Waals surface area contributed by atoms with E-state index in [0.29, 0.717) is 47.7 Å². The van der Waals surface area contributed by atoms with Gasteiger partial charge in [-0.25, -0.2) is 4.98 Å². The predicted molar refractivity (Wildman–Crippen MR) is 139 cm³/mol. The molecule has 3 aromatic rings. The molecular weight excluding hydrogens is 509 g/mol. The summed E-state index contributed by atoms with van der Waals surface area (Å²) in [5.74, 6) is 0.492. The average molecular weight is 538 g/mol. The number of aromatic nitrogens is 2. The third-order valence-corrected chi connectivity index (χ3v) is 7.10. The number of nitrogens with one attached hydrogen (secondary N) is 1. The Morgan fingerprint density at radius 2 is 2.09 bits per heavy atom. The number of benzene rings is 1. The Bertz CT molecular complexity index is 1140. The molecule has 7 nitrogen and oxygen atoms in total. The van der Waals surface area contributed by atoms with Crippen LogP contribution in [0.5, 0.6) is 5.75 Å². The maximum Gasteiger partial charge on any atom is 0.253 e. The van der Waals surface area contributed by atoms with E-state index < -0.39 is 0 Å². The molecule has 1 unspecified atom stereocenters.